The SMILES string of the molecule is Cc1cc(C)cc(C2(C(=O)N3CCCC(NC(=O)C4CC(F)(F)C4)C3)CC2)c1. The molecule has 1 saturated heterocycles. The Bertz CT molecular complexity index is 775. The van der Waals surface area contributed by atoms with Crippen molar-refractivity contribution < 1.29 is 18.4 Å². The average molecular weight is 390 g/mol. The molecule has 28 heavy (non-hydrogen) atoms. The quantitative estimate of drug-likeness (QED) is 0.856. The number of hydrogen-bond donors (Lipinski definition) is 1. The van der Waals surface area contributed by atoms with Crippen LogP contribution in [0.1, 0.15) is 55.2 Å². The molecule has 0 radical (unpaired) electrons. The van der Waals surface area contributed by atoms with Crippen LogP contribution in [0.5, 0.6) is 0 Å². The molecule has 3 fully saturated rings. The fourth-order valence-corrected chi connectivity index (χ4v) is 4.75. The van der Waals surface area contributed by atoms with Crippen molar-refractivity contribution in [3.8, 4) is 0 Å². The fourth-order valence-electron chi connectivity index (χ4n) is 4.75. The number of nitrogens with zero attached hydrogens (tertiary/aromatic N) is 1. The van der Waals surface area contributed by atoms with Crippen molar-refractivity contribution in [3.05, 3.63) is 34.9 Å². The summed E-state index contributed by atoms with van der Waals surface area (Å²) < 4.78 is 26.0. The van der Waals surface area contributed by atoms with Crippen molar-refractivity contribution in [3.63, 3.8) is 0 Å². The highest BCUT2D eigenvalue weighted by Gasteiger charge is 2.54. The number of carbonyl (C=O) groups is 2. The summed E-state index contributed by atoms with van der Waals surface area (Å²) in [5.74, 6) is -3.43. The molecule has 1 aliphatic heterocycles. The second-order valence-electron chi connectivity index (χ2n) is 9.02. The predicted molar refractivity (Wildman–Crippen MR) is 102 cm³/mol. The average Bonchev–Trinajstić information content (AvgIpc) is 3.40. The molecular formula is C22H28F2N2O2. The molecule has 1 unspecified atom stereocenters. The molecule has 4 rings (SSSR count). The van der Waals surface area contributed by atoms with Gasteiger partial charge >= 0.3 is 0 Å². The summed E-state index contributed by atoms with van der Waals surface area (Å²) in [5, 5.41) is 2.91. The lowest BCUT2D eigenvalue weighted by atomic mass is 9.80. The molecule has 152 valence electrons. The molecule has 2 amide bonds. The molecule has 6 heteroatoms. The summed E-state index contributed by atoms with van der Waals surface area (Å²) in [6.07, 6.45) is 2.61. The van der Waals surface area contributed by atoms with Gasteiger partial charge in [-0.3, -0.25) is 9.59 Å². The van der Waals surface area contributed by atoms with Crippen LogP contribution in [0.3, 0.4) is 0 Å². The first-order valence-corrected chi connectivity index (χ1v) is 10.2. The van der Waals surface area contributed by atoms with E-state index >= 15 is 0 Å². The first kappa shape index (κ1) is 19.3. The van der Waals surface area contributed by atoms with Crippen LogP contribution in [-0.4, -0.2) is 41.8 Å². The zero-order valence-electron chi connectivity index (χ0n) is 16.6. The third kappa shape index (κ3) is 3.65. The molecule has 0 spiro atoms. The zero-order valence-corrected chi connectivity index (χ0v) is 16.6. The minimum absolute atomic E-state index is 0.144. The van der Waals surface area contributed by atoms with E-state index in [0.717, 1.165) is 42.4 Å². The molecule has 0 aromatic heterocycles. The molecule has 1 aromatic rings. The summed E-state index contributed by atoms with van der Waals surface area (Å²) in [6.45, 7) is 5.26. The van der Waals surface area contributed by atoms with Crippen molar-refractivity contribution in [2.45, 2.75) is 69.8 Å². The van der Waals surface area contributed by atoms with Gasteiger partial charge in [-0.15, -0.1) is 0 Å². The molecule has 1 atom stereocenters. The second kappa shape index (κ2) is 6.82. The third-order valence-electron chi connectivity index (χ3n) is 6.45. The highest BCUT2D eigenvalue weighted by Crippen LogP contribution is 2.50. The Balaban J connectivity index is 1.40. The molecule has 4 nitrogen and oxygen atoms in total. The first-order chi connectivity index (χ1) is 13.2. The Labute approximate surface area is 164 Å². The third-order valence-corrected chi connectivity index (χ3v) is 6.45. The maximum Gasteiger partial charge on any atom is 0.249 e. The Kier molecular flexibility index (Phi) is 4.71. The van der Waals surface area contributed by atoms with Gasteiger partial charge in [0.15, 0.2) is 0 Å². The lowest BCUT2D eigenvalue weighted by Crippen LogP contribution is -2.54. The van der Waals surface area contributed by atoms with Crippen molar-refractivity contribution >= 4 is 11.8 Å². The van der Waals surface area contributed by atoms with Crippen LogP contribution in [0, 0.1) is 19.8 Å². The van der Waals surface area contributed by atoms with E-state index in [4.69, 9.17) is 0 Å². The topological polar surface area (TPSA) is 49.4 Å². The molecule has 3 aliphatic rings. The summed E-state index contributed by atoms with van der Waals surface area (Å²) in [6, 6.07) is 6.19. The van der Waals surface area contributed by atoms with Gasteiger partial charge in [-0.2, -0.15) is 0 Å². The van der Waals surface area contributed by atoms with Crippen LogP contribution in [-0.2, 0) is 15.0 Å². The smallest absolute Gasteiger partial charge is 0.249 e. The largest absolute Gasteiger partial charge is 0.351 e. The number of amides is 2. The van der Waals surface area contributed by atoms with Gasteiger partial charge in [0, 0.05) is 37.9 Å². The van der Waals surface area contributed by atoms with Crippen LogP contribution in [0.4, 0.5) is 8.78 Å². The fraction of sp³-hybridized carbons (Fsp3) is 0.636. The molecule has 2 saturated carbocycles. The van der Waals surface area contributed by atoms with E-state index in [1.807, 2.05) is 18.7 Å². The lowest BCUT2D eigenvalue weighted by molar-refractivity contribution is -0.151. The van der Waals surface area contributed by atoms with Gasteiger partial charge in [0.2, 0.25) is 17.7 Å². The number of rotatable bonds is 4. The Hall–Kier alpha value is -1.98. The molecule has 0 bridgehead atoms. The van der Waals surface area contributed by atoms with E-state index < -0.39 is 17.3 Å². The van der Waals surface area contributed by atoms with Crippen LogP contribution in [0.15, 0.2) is 18.2 Å². The number of aryl methyl sites for hydroxylation is 2. The molecule has 1 aromatic carbocycles. The van der Waals surface area contributed by atoms with Crippen molar-refractivity contribution in [1.29, 1.82) is 0 Å². The first-order valence-electron chi connectivity index (χ1n) is 10.2. The van der Waals surface area contributed by atoms with Gasteiger partial charge < -0.3 is 10.2 Å². The van der Waals surface area contributed by atoms with Crippen LogP contribution >= 0.6 is 0 Å². The lowest BCUT2D eigenvalue weighted by Gasteiger charge is -2.38. The number of halogens is 2. The maximum atomic E-state index is 13.3. The normalized spacial score (nSPS) is 25.7. The van der Waals surface area contributed by atoms with E-state index in [1.165, 1.54) is 0 Å². The summed E-state index contributed by atoms with van der Waals surface area (Å²) in [4.78, 5) is 27.4. The minimum atomic E-state index is -2.69. The number of nitrogens with one attached hydrogen (secondary N) is 1. The van der Waals surface area contributed by atoms with Crippen molar-refractivity contribution in [1.82, 2.24) is 10.2 Å². The summed E-state index contributed by atoms with van der Waals surface area (Å²) in [7, 11) is 0. The number of likely N-dealkylation sites (tertiary alicyclic amines) is 1. The van der Waals surface area contributed by atoms with Gasteiger partial charge in [0.1, 0.15) is 0 Å². The predicted octanol–water partition coefficient (Wildman–Crippen LogP) is 3.49. The minimum Gasteiger partial charge on any atom is -0.351 e. The van der Waals surface area contributed by atoms with Gasteiger partial charge in [-0.1, -0.05) is 29.3 Å². The van der Waals surface area contributed by atoms with Gasteiger partial charge in [0.25, 0.3) is 0 Å². The van der Waals surface area contributed by atoms with Gasteiger partial charge in [-0.05, 0) is 45.1 Å². The Morgan fingerprint density at radius 1 is 1.11 bits per heavy atom. The molecule has 1 N–H and O–H groups in total. The Morgan fingerprint density at radius 3 is 2.32 bits per heavy atom. The van der Waals surface area contributed by atoms with Crippen molar-refractivity contribution in [2.24, 2.45) is 5.92 Å². The van der Waals surface area contributed by atoms with E-state index in [1.54, 1.807) is 0 Å². The monoisotopic (exact) mass is 390 g/mol. The number of carbonyl (C=O) groups excluding carboxylic acids is 2. The van der Waals surface area contributed by atoms with Gasteiger partial charge in [-0.25, -0.2) is 8.78 Å². The standard InChI is InChI=1S/C22H28F2N2O2/c1-14-8-15(2)10-17(9-14)21(5-6-21)20(28)26-7-3-4-18(13-26)25-19(27)16-11-22(23,24)12-16/h8-10,16,18H,3-7,11-13H2,1-2H3,(H,25,27). The zero-order chi connectivity index (χ0) is 20.1. The highest BCUT2D eigenvalue weighted by atomic mass is 19.3. The van der Waals surface area contributed by atoms with Crippen molar-refractivity contribution in [2.75, 3.05) is 13.1 Å². The van der Waals surface area contributed by atoms with E-state index in [2.05, 4.69) is 23.5 Å². The summed E-state index contributed by atoms with van der Waals surface area (Å²) >= 11 is 0. The molecular weight excluding hydrogens is 362 g/mol. The maximum absolute atomic E-state index is 13.3. The molecule has 1 heterocycles. The van der Waals surface area contributed by atoms with Gasteiger partial charge in [0.05, 0.1) is 5.41 Å². The second-order valence-corrected chi connectivity index (χ2v) is 9.02. The van der Waals surface area contributed by atoms with E-state index in [9.17, 15) is 18.4 Å². The highest BCUT2D eigenvalue weighted by molar-refractivity contribution is 5.91. The van der Waals surface area contributed by atoms with E-state index in [0.29, 0.717) is 13.1 Å². The number of hydrogen-bond acceptors (Lipinski definition) is 2. The number of benzene rings is 1. The number of piperidine rings is 1. The van der Waals surface area contributed by atoms with E-state index in [-0.39, 0.29) is 30.7 Å². The molecule has 2 aliphatic carbocycles. The Morgan fingerprint density at radius 2 is 1.75 bits per heavy atom. The summed E-state index contributed by atoms with van der Waals surface area (Å²) in [5.41, 5.74) is 3.00. The van der Waals surface area contributed by atoms with Crippen LogP contribution in [0.25, 0.3) is 0 Å². The number of alkyl halides is 2. The van der Waals surface area contributed by atoms with Crippen LogP contribution in [0.2, 0.25) is 0 Å². The van der Waals surface area contributed by atoms with Crippen LogP contribution < -0.4 is 5.32 Å².